The van der Waals surface area contributed by atoms with Gasteiger partial charge in [-0.2, -0.15) is 0 Å². The molecule has 0 heterocycles. The fourth-order valence-corrected chi connectivity index (χ4v) is 2.89. The van der Waals surface area contributed by atoms with Crippen LogP contribution in [-0.2, 0) is 16.6 Å². The Labute approximate surface area is 125 Å². The topological polar surface area (TPSA) is 58.2 Å². The predicted molar refractivity (Wildman–Crippen MR) is 78.4 cm³/mol. The van der Waals surface area contributed by atoms with E-state index in [2.05, 4.69) is 10.0 Å². The molecule has 0 aliphatic heterocycles. The Bertz CT molecular complexity index is 596. The summed E-state index contributed by atoms with van der Waals surface area (Å²) in [4.78, 5) is -0.525. The molecule has 0 aliphatic rings. The summed E-state index contributed by atoms with van der Waals surface area (Å²) in [6.45, 7) is 6.05. The number of sulfonamides is 1. The van der Waals surface area contributed by atoms with E-state index < -0.39 is 26.6 Å². The van der Waals surface area contributed by atoms with Crippen molar-refractivity contribution in [3.05, 3.63) is 29.3 Å². The molecule has 1 rings (SSSR count). The molecule has 1 aromatic rings. The predicted octanol–water partition coefficient (Wildman–Crippen LogP) is 2.40. The first-order chi connectivity index (χ1) is 9.58. The molecule has 1 aromatic carbocycles. The van der Waals surface area contributed by atoms with Gasteiger partial charge in [0.1, 0.15) is 10.7 Å². The summed E-state index contributed by atoms with van der Waals surface area (Å²) >= 11 is 0. The molecule has 4 nitrogen and oxygen atoms in total. The van der Waals surface area contributed by atoms with Crippen LogP contribution in [0.2, 0.25) is 0 Å². The third kappa shape index (κ3) is 5.01. The molecule has 0 spiro atoms. The number of hydrogen-bond donors (Lipinski definition) is 2. The molecule has 0 saturated carbocycles. The van der Waals surface area contributed by atoms with Gasteiger partial charge in [0.2, 0.25) is 10.0 Å². The third-order valence-corrected chi connectivity index (χ3v) is 4.44. The molecule has 0 fully saturated rings. The maximum absolute atomic E-state index is 14.2. The molecule has 0 radical (unpaired) electrons. The quantitative estimate of drug-likeness (QED) is 0.846. The first-order valence-corrected chi connectivity index (χ1v) is 8.18. The Kier molecular flexibility index (Phi) is 5.83. The highest BCUT2D eigenvalue weighted by Gasteiger charge is 2.23. The van der Waals surface area contributed by atoms with E-state index in [0.29, 0.717) is 6.42 Å². The van der Waals surface area contributed by atoms with Crippen LogP contribution in [0.3, 0.4) is 0 Å². The summed E-state index contributed by atoms with van der Waals surface area (Å²) in [6, 6.07) is 1.91. The Morgan fingerprint density at radius 2 is 1.81 bits per heavy atom. The van der Waals surface area contributed by atoms with Crippen LogP contribution >= 0.6 is 0 Å². The molecule has 2 N–H and O–H groups in total. The van der Waals surface area contributed by atoms with E-state index in [9.17, 15) is 17.2 Å². The first kappa shape index (κ1) is 18.0. The SMILES string of the molecule is CNCc1c(F)ccc(S(=O)(=O)NCCC(C)(C)C)c1F. The van der Waals surface area contributed by atoms with Crippen molar-refractivity contribution < 1.29 is 17.2 Å². The summed E-state index contributed by atoms with van der Waals surface area (Å²) < 4.78 is 54.3. The number of hydrogen-bond acceptors (Lipinski definition) is 3. The van der Waals surface area contributed by atoms with Gasteiger partial charge in [-0.3, -0.25) is 0 Å². The number of rotatable bonds is 6. The molecule has 0 aromatic heterocycles. The van der Waals surface area contributed by atoms with Crippen LogP contribution in [0.5, 0.6) is 0 Å². The van der Waals surface area contributed by atoms with Gasteiger partial charge in [0.05, 0.1) is 0 Å². The average Bonchev–Trinajstić information content (AvgIpc) is 2.32. The van der Waals surface area contributed by atoms with E-state index in [1.807, 2.05) is 20.8 Å². The average molecular weight is 320 g/mol. The zero-order valence-electron chi connectivity index (χ0n) is 12.8. The first-order valence-electron chi connectivity index (χ1n) is 6.69. The molecule has 0 atom stereocenters. The lowest BCUT2D eigenvalue weighted by atomic mass is 9.93. The minimum absolute atomic E-state index is 0.0405. The maximum Gasteiger partial charge on any atom is 0.243 e. The molecule has 0 bridgehead atoms. The lowest BCUT2D eigenvalue weighted by Gasteiger charge is -2.18. The smallest absolute Gasteiger partial charge is 0.243 e. The minimum Gasteiger partial charge on any atom is -0.315 e. The van der Waals surface area contributed by atoms with Crippen molar-refractivity contribution in [1.82, 2.24) is 10.0 Å². The van der Waals surface area contributed by atoms with Gasteiger partial charge in [0.25, 0.3) is 0 Å². The van der Waals surface area contributed by atoms with E-state index in [0.717, 1.165) is 12.1 Å². The van der Waals surface area contributed by atoms with Crippen LogP contribution in [0, 0.1) is 17.0 Å². The van der Waals surface area contributed by atoms with E-state index in [4.69, 9.17) is 0 Å². The zero-order chi connectivity index (χ0) is 16.3. The molecule has 0 saturated heterocycles. The molecule has 0 aliphatic carbocycles. The molecule has 7 heteroatoms. The van der Waals surface area contributed by atoms with E-state index in [-0.39, 0.29) is 24.1 Å². The molecular formula is C14H22F2N2O2S. The van der Waals surface area contributed by atoms with Crippen molar-refractivity contribution in [2.45, 2.75) is 38.6 Å². The highest BCUT2D eigenvalue weighted by molar-refractivity contribution is 7.89. The van der Waals surface area contributed by atoms with Gasteiger partial charge in [0, 0.05) is 18.7 Å². The highest BCUT2D eigenvalue weighted by Crippen LogP contribution is 2.22. The maximum atomic E-state index is 14.2. The summed E-state index contributed by atoms with van der Waals surface area (Å²) in [5, 5.41) is 2.61. The van der Waals surface area contributed by atoms with Gasteiger partial charge in [0.15, 0.2) is 5.82 Å². The fraction of sp³-hybridized carbons (Fsp3) is 0.571. The largest absolute Gasteiger partial charge is 0.315 e. The van der Waals surface area contributed by atoms with Gasteiger partial charge >= 0.3 is 0 Å². The molecular weight excluding hydrogens is 298 g/mol. The number of halogens is 2. The normalized spacial score (nSPS) is 12.7. The summed E-state index contributed by atoms with van der Waals surface area (Å²) in [5.74, 6) is -1.82. The summed E-state index contributed by atoms with van der Waals surface area (Å²) in [5.41, 5.74) is -0.322. The van der Waals surface area contributed by atoms with Crippen molar-refractivity contribution in [2.24, 2.45) is 5.41 Å². The monoisotopic (exact) mass is 320 g/mol. The van der Waals surface area contributed by atoms with Crippen molar-refractivity contribution >= 4 is 10.0 Å². The molecule has 120 valence electrons. The number of benzene rings is 1. The minimum atomic E-state index is -3.99. The Morgan fingerprint density at radius 3 is 2.33 bits per heavy atom. The van der Waals surface area contributed by atoms with Crippen molar-refractivity contribution in [1.29, 1.82) is 0 Å². The van der Waals surface area contributed by atoms with E-state index in [1.54, 1.807) is 0 Å². The fourth-order valence-electron chi connectivity index (χ4n) is 1.76. The summed E-state index contributed by atoms with van der Waals surface area (Å²) in [6.07, 6.45) is 0.610. The van der Waals surface area contributed by atoms with Crippen LogP contribution in [0.1, 0.15) is 32.8 Å². The zero-order valence-corrected chi connectivity index (χ0v) is 13.6. The molecule has 21 heavy (non-hydrogen) atoms. The highest BCUT2D eigenvalue weighted by atomic mass is 32.2. The van der Waals surface area contributed by atoms with Gasteiger partial charge in [-0.25, -0.2) is 21.9 Å². The lowest BCUT2D eigenvalue weighted by molar-refractivity contribution is 0.378. The second kappa shape index (κ2) is 6.81. The van der Waals surface area contributed by atoms with Crippen molar-refractivity contribution in [2.75, 3.05) is 13.6 Å². The van der Waals surface area contributed by atoms with Gasteiger partial charge < -0.3 is 5.32 Å². The third-order valence-electron chi connectivity index (χ3n) is 2.96. The Morgan fingerprint density at radius 1 is 1.19 bits per heavy atom. The second-order valence-corrected chi connectivity index (χ2v) is 7.81. The van der Waals surface area contributed by atoms with Crippen LogP contribution in [0.25, 0.3) is 0 Å². The van der Waals surface area contributed by atoms with Crippen LogP contribution < -0.4 is 10.0 Å². The summed E-state index contributed by atoms with van der Waals surface area (Å²) in [7, 11) is -2.46. The Hall–Kier alpha value is -1.05. The van der Waals surface area contributed by atoms with Crippen LogP contribution in [0.15, 0.2) is 17.0 Å². The van der Waals surface area contributed by atoms with E-state index in [1.165, 1.54) is 7.05 Å². The molecule has 0 amide bonds. The van der Waals surface area contributed by atoms with Gasteiger partial charge in [-0.15, -0.1) is 0 Å². The van der Waals surface area contributed by atoms with E-state index >= 15 is 0 Å². The van der Waals surface area contributed by atoms with Crippen molar-refractivity contribution in [3.8, 4) is 0 Å². The molecule has 0 unspecified atom stereocenters. The van der Waals surface area contributed by atoms with Crippen LogP contribution in [-0.4, -0.2) is 22.0 Å². The van der Waals surface area contributed by atoms with Crippen molar-refractivity contribution in [3.63, 3.8) is 0 Å². The Balaban J connectivity index is 3.01. The standard InChI is InChI=1S/C14H22F2N2O2S/c1-14(2,3)7-8-18-21(19,20)12-6-5-11(15)10(9-17-4)13(12)16/h5-6,17-18H,7-9H2,1-4H3. The van der Waals surface area contributed by atoms with Gasteiger partial charge in [-0.05, 0) is 31.0 Å². The lowest BCUT2D eigenvalue weighted by Crippen LogP contribution is -2.28. The second-order valence-electron chi connectivity index (χ2n) is 6.08. The van der Waals surface area contributed by atoms with Gasteiger partial charge in [-0.1, -0.05) is 20.8 Å². The number of nitrogens with one attached hydrogen (secondary N) is 2. The van der Waals surface area contributed by atoms with Crippen LogP contribution in [0.4, 0.5) is 8.78 Å².